The highest BCUT2D eigenvalue weighted by Crippen LogP contribution is 2.43. The van der Waals surface area contributed by atoms with Crippen LogP contribution < -0.4 is 4.90 Å². The van der Waals surface area contributed by atoms with Crippen LogP contribution in [0.3, 0.4) is 0 Å². The lowest BCUT2D eigenvalue weighted by Gasteiger charge is -2.36. The summed E-state index contributed by atoms with van der Waals surface area (Å²) in [5.74, 6) is -0.281. The molecule has 3 fully saturated rings. The van der Waals surface area contributed by atoms with Gasteiger partial charge in [0.15, 0.2) is 5.17 Å². The van der Waals surface area contributed by atoms with Gasteiger partial charge in [-0.2, -0.15) is 26.3 Å². The molecular formula is C22H26ClF6N3OS. The molecule has 0 aromatic heterocycles. The summed E-state index contributed by atoms with van der Waals surface area (Å²) in [6.07, 6.45) is -3.68. The molecule has 1 aromatic carbocycles. The van der Waals surface area contributed by atoms with Gasteiger partial charge in [-0.05, 0) is 43.9 Å². The van der Waals surface area contributed by atoms with Crippen LogP contribution in [0, 0.1) is 0 Å². The zero-order chi connectivity index (χ0) is 24.0. The number of benzene rings is 1. The molecular weight excluding hydrogens is 504 g/mol. The van der Waals surface area contributed by atoms with Crippen molar-refractivity contribution in [1.29, 1.82) is 0 Å². The number of nitrogens with zero attached hydrogens (tertiary/aromatic N) is 3. The van der Waals surface area contributed by atoms with E-state index in [0.717, 1.165) is 48.6 Å². The van der Waals surface area contributed by atoms with E-state index in [2.05, 4.69) is 0 Å². The lowest BCUT2D eigenvalue weighted by atomic mass is 9.96. The van der Waals surface area contributed by atoms with E-state index >= 15 is 0 Å². The number of alkyl halides is 6. The molecule has 4 rings (SSSR count). The molecule has 0 spiro atoms. The molecule has 1 atom stereocenters. The quantitative estimate of drug-likeness (QED) is 0.406. The molecule has 190 valence electrons. The molecule has 0 bridgehead atoms. The average molecular weight is 530 g/mol. The zero-order valence-corrected chi connectivity index (χ0v) is 20.1. The molecule has 1 aliphatic heterocycles. The number of carbonyl (C=O) groups excluding carboxylic acids is 1. The van der Waals surface area contributed by atoms with Gasteiger partial charge in [-0.1, -0.05) is 31.0 Å². The minimum Gasteiger partial charge on any atom is -0.327 e. The number of carbonyl (C=O) groups is 1. The van der Waals surface area contributed by atoms with Crippen LogP contribution in [0.25, 0.3) is 0 Å². The first-order valence-electron chi connectivity index (χ1n) is 11.0. The van der Waals surface area contributed by atoms with Crippen molar-refractivity contribution in [1.82, 2.24) is 4.90 Å². The lowest BCUT2D eigenvalue weighted by Crippen LogP contribution is -2.51. The Kier molecular flexibility index (Phi) is 8.06. The Hall–Kier alpha value is -1.62. The summed E-state index contributed by atoms with van der Waals surface area (Å²) in [7, 11) is 0. The Labute approximate surface area is 204 Å². The maximum Gasteiger partial charge on any atom is 0.416 e. The number of hydrogen-bond acceptors (Lipinski definition) is 3. The third-order valence-electron chi connectivity index (χ3n) is 6.20. The normalized spacial score (nSPS) is 23.2. The molecule has 3 aliphatic rings. The van der Waals surface area contributed by atoms with Crippen LogP contribution in [0.2, 0.25) is 0 Å². The number of rotatable bonds is 4. The fourth-order valence-electron chi connectivity index (χ4n) is 4.49. The van der Waals surface area contributed by atoms with E-state index in [4.69, 9.17) is 4.99 Å². The van der Waals surface area contributed by atoms with E-state index in [1.807, 2.05) is 4.90 Å². The van der Waals surface area contributed by atoms with Crippen molar-refractivity contribution in [2.24, 2.45) is 4.99 Å². The summed E-state index contributed by atoms with van der Waals surface area (Å²) < 4.78 is 80.5. The number of aliphatic imine (C=N–C) groups is 1. The zero-order valence-electron chi connectivity index (χ0n) is 18.5. The van der Waals surface area contributed by atoms with Gasteiger partial charge in [0.2, 0.25) is 5.91 Å². The van der Waals surface area contributed by atoms with E-state index in [-0.39, 0.29) is 30.6 Å². The molecule has 34 heavy (non-hydrogen) atoms. The van der Waals surface area contributed by atoms with Crippen molar-refractivity contribution in [3.05, 3.63) is 29.3 Å². The minimum absolute atomic E-state index is 0. The minimum atomic E-state index is -4.98. The van der Waals surface area contributed by atoms with Crippen LogP contribution >= 0.6 is 24.2 Å². The number of halogens is 7. The van der Waals surface area contributed by atoms with Crippen LogP contribution in [0.15, 0.2) is 23.2 Å². The third-order valence-corrected chi connectivity index (χ3v) is 7.24. The van der Waals surface area contributed by atoms with Gasteiger partial charge in [0, 0.05) is 24.4 Å². The van der Waals surface area contributed by atoms with Gasteiger partial charge in [0.25, 0.3) is 0 Å². The number of hydrogen-bond donors (Lipinski definition) is 0. The summed E-state index contributed by atoms with van der Waals surface area (Å²) in [5, 5.41) is 0.740. The summed E-state index contributed by atoms with van der Waals surface area (Å²) >= 11 is 1.42. The predicted octanol–water partition coefficient (Wildman–Crippen LogP) is 6.72. The summed E-state index contributed by atoms with van der Waals surface area (Å²) in [6.45, 7) is 1.17. The fourth-order valence-corrected chi connectivity index (χ4v) is 5.75. The van der Waals surface area contributed by atoms with Crippen LogP contribution in [0.1, 0.15) is 63.0 Å². The van der Waals surface area contributed by atoms with E-state index in [1.54, 1.807) is 0 Å². The summed E-state index contributed by atoms with van der Waals surface area (Å²) in [4.78, 5) is 20.5. The highest BCUT2D eigenvalue weighted by atomic mass is 35.5. The standard InChI is InChI=1S/C22H25F6N3OS.ClH/c1-13(32)30(18-10-14(21(23,24)25)9-15(11-18)22(26,27)28)19-12-33-20(31(19)17-7-8-17)29-16-5-3-2-4-6-16;/h9-11,16-17,19H,2-8,12H2,1H3;1H. The van der Waals surface area contributed by atoms with Gasteiger partial charge in [-0.25, -0.2) is 0 Å². The molecule has 12 heteroatoms. The molecule has 0 N–H and O–H groups in total. The van der Waals surface area contributed by atoms with Gasteiger partial charge in [-0.3, -0.25) is 14.7 Å². The highest BCUT2D eigenvalue weighted by molar-refractivity contribution is 8.14. The van der Waals surface area contributed by atoms with Gasteiger partial charge in [-0.15, -0.1) is 12.4 Å². The SMILES string of the molecule is CC(=O)N(c1cc(C(F)(F)F)cc(C(F)(F)F)c1)C1CSC(=NC2CCCCC2)N1C1CC1.Cl. The maximum absolute atomic E-state index is 13.4. The third kappa shape index (κ3) is 5.95. The first-order valence-corrected chi connectivity index (χ1v) is 12.0. The number of amides is 1. The second-order valence-electron chi connectivity index (χ2n) is 8.79. The second kappa shape index (κ2) is 10.2. The smallest absolute Gasteiger partial charge is 0.327 e. The Bertz CT molecular complexity index is 896. The Morgan fingerprint density at radius 1 is 0.971 bits per heavy atom. The maximum atomic E-state index is 13.4. The van der Waals surface area contributed by atoms with E-state index in [0.29, 0.717) is 17.9 Å². The molecule has 1 heterocycles. The molecule has 1 unspecified atom stereocenters. The molecule has 2 aliphatic carbocycles. The number of thioether (sulfide) groups is 1. The van der Waals surface area contributed by atoms with Gasteiger partial charge in [0.1, 0.15) is 6.17 Å². The summed E-state index contributed by atoms with van der Waals surface area (Å²) in [5.41, 5.74) is -3.27. The lowest BCUT2D eigenvalue weighted by molar-refractivity contribution is -0.143. The molecule has 1 aromatic rings. The van der Waals surface area contributed by atoms with Crippen molar-refractivity contribution in [3.63, 3.8) is 0 Å². The van der Waals surface area contributed by atoms with Crippen molar-refractivity contribution in [3.8, 4) is 0 Å². The molecule has 1 saturated heterocycles. The van der Waals surface area contributed by atoms with Crippen LogP contribution in [-0.4, -0.2) is 40.0 Å². The first-order chi connectivity index (χ1) is 15.4. The van der Waals surface area contributed by atoms with Gasteiger partial charge < -0.3 is 4.90 Å². The number of anilines is 1. The van der Waals surface area contributed by atoms with E-state index < -0.39 is 41.2 Å². The molecule has 2 saturated carbocycles. The average Bonchev–Trinajstić information content (AvgIpc) is 3.49. The van der Waals surface area contributed by atoms with Crippen molar-refractivity contribution < 1.29 is 31.1 Å². The molecule has 4 nitrogen and oxygen atoms in total. The van der Waals surface area contributed by atoms with Crippen molar-refractivity contribution >= 4 is 40.9 Å². The Balaban J connectivity index is 0.00000324. The first kappa shape index (κ1) is 27.0. The summed E-state index contributed by atoms with van der Waals surface area (Å²) in [6, 6.07) is 1.59. The largest absolute Gasteiger partial charge is 0.416 e. The van der Waals surface area contributed by atoms with Crippen molar-refractivity contribution in [2.75, 3.05) is 10.7 Å². The number of amidine groups is 1. The topological polar surface area (TPSA) is 35.9 Å². The van der Waals surface area contributed by atoms with Crippen LogP contribution in [0.4, 0.5) is 32.0 Å². The Morgan fingerprint density at radius 2 is 1.53 bits per heavy atom. The van der Waals surface area contributed by atoms with E-state index in [1.165, 1.54) is 25.1 Å². The monoisotopic (exact) mass is 529 g/mol. The Morgan fingerprint density at radius 3 is 2.00 bits per heavy atom. The van der Waals surface area contributed by atoms with Crippen LogP contribution in [0.5, 0.6) is 0 Å². The second-order valence-corrected chi connectivity index (χ2v) is 9.77. The highest BCUT2D eigenvalue weighted by Gasteiger charge is 2.46. The van der Waals surface area contributed by atoms with Gasteiger partial charge >= 0.3 is 12.4 Å². The molecule has 1 amide bonds. The van der Waals surface area contributed by atoms with Crippen LogP contribution in [-0.2, 0) is 17.1 Å². The fraction of sp³-hybridized carbons (Fsp3) is 0.636. The van der Waals surface area contributed by atoms with E-state index in [9.17, 15) is 31.1 Å². The van der Waals surface area contributed by atoms with Gasteiger partial charge in [0.05, 0.1) is 17.2 Å². The predicted molar refractivity (Wildman–Crippen MR) is 122 cm³/mol. The molecule has 0 radical (unpaired) electrons. The van der Waals surface area contributed by atoms with Crippen molar-refractivity contribution in [2.45, 2.75) is 82.5 Å².